The molecule has 1 aromatic rings. The Balaban J connectivity index is 3.01. The van der Waals surface area contributed by atoms with Crippen LogP contribution in [-0.4, -0.2) is 17.9 Å². The van der Waals surface area contributed by atoms with Gasteiger partial charge in [0.15, 0.2) is 5.78 Å². The number of methoxy groups -OCH3 is 1. The standard InChI is InChI=1S/C8H9NO2/c1-6(10)7-3-4-9-8(5-7)11-2/h3-5H,1-2H3. The van der Waals surface area contributed by atoms with Crippen LogP contribution in [0, 0.1) is 0 Å². The summed E-state index contributed by atoms with van der Waals surface area (Å²) >= 11 is 0. The first kappa shape index (κ1) is 7.72. The molecule has 0 saturated heterocycles. The van der Waals surface area contributed by atoms with E-state index in [1.807, 2.05) is 0 Å². The fourth-order valence-electron chi connectivity index (χ4n) is 0.740. The molecule has 0 spiro atoms. The molecule has 3 nitrogen and oxygen atoms in total. The van der Waals surface area contributed by atoms with E-state index >= 15 is 0 Å². The first-order chi connectivity index (χ1) is 5.24. The average Bonchev–Trinajstić information content (AvgIpc) is 2.05. The molecule has 0 atom stereocenters. The second-order valence-electron chi connectivity index (χ2n) is 2.14. The van der Waals surface area contributed by atoms with Crippen LogP contribution >= 0.6 is 0 Å². The molecule has 3 heteroatoms. The predicted molar refractivity (Wildman–Crippen MR) is 40.8 cm³/mol. The molecule has 0 fully saturated rings. The minimum atomic E-state index is 0.0192. The number of ether oxygens (including phenoxy) is 1. The number of carbonyl (C=O) groups excluding carboxylic acids is 1. The molecule has 0 amide bonds. The quantitative estimate of drug-likeness (QED) is 0.598. The predicted octanol–water partition coefficient (Wildman–Crippen LogP) is 1.29. The number of carbonyl (C=O) groups is 1. The smallest absolute Gasteiger partial charge is 0.213 e. The molecule has 1 rings (SSSR count). The van der Waals surface area contributed by atoms with Crippen LogP contribution in [0.5, 0.6) is 5.88 Å². The van der Waals surface area contributed by atoms with E-state index in [0.29, 0.717) is 11.4 Å². The minimum absolute atomic E-state index is 0.0192. The molecule has 0 aliphatic heterocycles. The Kier molecular flexibility index (Phi) is 2.21. The highest BCUT2D eigenvalue weighted by Gasteiger charge is 1.99. The van der Waals surface area contributed by atoms with Crippen LogP contribution in [-0.2, 0) is 0 Å². The molecule has 58 valence electrons. The molecule has 1 aromatic heterocycles. The summed E-state index contributed by atoms with van der Waals surface area (Å²) < 4.78 is 4.84. The van der Waals surface area contributed by atoms with Crippen LogP contribution in [0.2, 0.25) is 0 Å². The molecule has 1 heterocycles. The van der Waals surface area contributed by atoms with Gasteiger partial charge in [-0.25, -0.2) is 4.98 Å². The molecular weight excluding hydrogens is 142 g/mol. The summed E-state index contributed by atoms with van der Waals surface area (Å²) in [7, 11) is 1.52. The van der Waals surface area contributed by atoms with Gasteiger partial charge >= 0.3 is 0 Å². The van der Waals surface area contributed by atoms with Crippen molar-refractivity contribution in [1.82, 2.24) is 4.98 Å². The highest BCUT2D eigenvalue weighted by molar-refractivity contribution is 5.94. The number of pyridine rings is 1. The van der Waals surface area contributed by atoms with Crippen LogP contribution in [0.15, 0.2) is 18.3 Å². The molecule has 0 unspecified atom stereocenters. The summed E-state index contributed by atoms with van der Waals surface area (Å²) in [5.74, 6) is 0.489. The molecule has 11 heavy (non-hydrogen) atoms. The minimum Gasteiger partial charge on any atom is -0.481 e. The van der Waals surface area contributed by atoms with Crippen molar-refractivity contribution in [3.8, 4) is 5.88 Å². The zero-order valence-corrected chi connectivity index (χ0v) is 6.50. The topological polar surface area (TPSA) is 39.2 Å². The van der Waals surface area contributed by atoms with Crippen LogP contribution in [0.4, 0.5) is 0 Å². The number of ketones is 1. The molecule has 0 bridgehead atoms. The van der Waals surface area contributed by atoms with Crippen molar-refractivity contribution in [1.29, 1.82) is 0 Å². The Morgan fingerprint density at radius 3 is 2.91 bits per heavy atom. The van der Waals surface area contributed by atoms with E-state index in [1.165, 1.54) is 14.0 Å². The molecule has 0 aliphatic rings. The summed E-state index contributed by atoms with van der Waals surface area (Å²) in [5.41, 5.74) is 0.622. The largest absolute Gasteiger partial charge is 0.481 e. The van der Waals surface area contributed by atoms with Gasteiger partial charge in [0.25, 0.3) is 0 Å². The number of hydrogen-bond donors (Lipinski definition) is 0. The van der Waals surface area contributed by atoms with Crippen molar-refractivity contribution in [2.75, 3.05) is 7.11 Å². The van der Waals surface area contributed by atoms with Gasteiger partial charge in [-0.15, -0.1) is 0 Å². The third-order valence-electron chi connectivity index (χ3n) is 1.35. The number of nitrogens with zero attached hydrogens (tertiary/aromatic N) is 1. The maximum atomic E-state index is 10.8. The maximum absolute atomic E-state index is 10.8. The Hall–Kier alpha value is -1.38. The maximum Gasteiger partial charge on any atom is 0.213 e. The van der Waals surface area contributed by atoms with Crippen LogP contribution < -0.4 is 4.74 Å². The van der Waals surface area contributed by atoms with Gasteiger partial charge in [-0.2, -0.15) is 0 Å². The van der Waals surface area contributed by atoms with Crippen molar-refractivity contribution >= 4 is 5.78 Å². The van der Waals surface area contributed by atoms with E-state index < -0.39 is 0 Å². The van der Waals surface area contributed by atoms with Crippen LogP contribution in [0.3, 0.4) is 0 Å². The molecule has 0 aromatic carbocycles. The Labute approximate surface area is 65.0 Å². The van der Waals surface area contributed by atoms with Crippen molar-refractivity contribution in [3.05, 3.63) is 23.9 Å². The second kappa shape index (κ2) is 3.14. The Bertz CT molecular complexity index is 271. The third kappa shape index (κ3) is 1.77. The lowest BCUT2D eigenvalue weighted by atomic mass is 10.2. The van der Waals surface area contributed by atoms with Gasteiger partial charge in [0.05, 0.1) is 7.11 Å². The zero-order chi connectivity index (χ0) is 8.27. The van der Waals surface area contributed by atoms with Crippen molar-refractivity contribution in [2.45, 2.75) is 6.92 Å². The Morgan fingerprint density at radius 2 is 2.36 bits per heavy atom. The molecular formula is C8H9NO2. The lowest BCUT2D eigenvalue weighted by molar-refractivity contribution is 0.101. The van der Waals surface area contributed by atoms with E-state index in [9.17, 15) is 4.79 Å². The van der Waals surface area contributed by atoms with Gasteiger partial charge in [0.1, 0.15) is 0 Å². The van der Waals surface area contributed by atoms with Gasteiger partial charge in [0.2, 0.25) is 5.88 Å². The van der Waals surface area contributed by atoms with Crippen molar-refractivity contribution in [3.63, 3.8) is 0 Å². The van der Waals surface area contributed by atoms with Gasteiger partial charge in [-0.3, -0.25) is 4.79 Å². The number of aromatic nitrogens is 1. The van der Waals surface area contributed by atoms with Gasteiger partial charge in [0, 0.05) is 17.8 Å². The first-order valence-electron chi connectivity index (χ1n) is 3.25. The summed E-state index contributed by atoms with van der Waals surface area (Å²) in [4.78, 5) is 14.7. The highest BCUT2D eigenvalue weighted by atomic mass is 16.5. The van der Waals surface area contributed by atoms with E-state index in [-0.39, 0.29) is 5.78 Å². The van der Waals surface area contributed by atoms with Crippen LogP contribution in [0.25, 0.3) is 0 Å². The van der Waals surface area contributed by atoms with Crippen molar-refractivity contribution < 1.29 is 9.53 Å². The number of Topliss-reactive ketones (excluding diaryl/α,β-unsaturated/α-hetero) is 1. The summed E-state index contributed by atoms with van der Waals surface area (Å²) in [6.07, 6.45) is 1.55. The van der Waals surface area contributed by atoms with Gasteiger partial charge < -0.3 is 4.74 Å². The second-order valence-corrected chi connectivity index (χ2v) is 2.14. The van der Waals surface area contributed by atoms with E-state index in [1.54, 1.807) is 18.3 Å². The average molecular weight is 151 g/mol. The van der Waals surface area contributed by atoms with E-state index in [4.69, 9.17) is 4.74 Å². The van der Waals surface area contributed by atoms with Gasteiger partial charge in [-0.05, 0) is 13.0 Å². The van der Waals surface area contributed by atoms with Crippen molar-refractivity contribution in [2.24, 2.45) is 0 Å². The fraction of sp³-hybridized carbons (Fsp3) is 0.250. The summed E-state index contributed by atoms with van der Waals surface area (Å²) in [6, 6.07) is 3.27. The molecule has 0 N–H and O–H groups in total. The van der Waals surface area contributed by atoms with E-state index in [0.717, 1.165) is 0 Å². The molecule has 0 saturated carbocycles. The lowest BCUT2D eigenvalue weighted by Crippen LogP contribution is -1.94. The van der Waals surface area contributed by atoms with Crippen LogP contribution in [0.1, 0.15) is 17.3 Å². The fourth-order valence-corrected chi connectivity index (χ4v) is 0.740. The van der Waals surface area contributed by atoms with E-state index in [2.05, 4.69) is 4.98 Å². The SMILES string of the molecule is COc1cc(C(C)=O)ccn1. The number of rotatable bonds is 2. The lowest BCUT2D eigenvalue weighted by Gasteiger charge is -1.98. The summed E-state index contributed by atoms with van der Waals surface area (Å²) in [6.45, 7) is 1.51. The number of hydrogen-bond acceptors (Lipinski definition) is 3. The zero-order valence-electron chi connectivity index (χ0n) is 6.50. The molecule has 0 aliphatic carbocycles. The monoisotopic (exact) mass is 151 g/mol. The highest BCUT2D eigenvalue weighted by Crippen LogP contribution is 2.08. The third-order valence-corrected chi connectivity index (χ3v) is 1.35. The first-order valence-corrected chi connectivity index (χ1v) is 3.25. The van der Waals surface area contributed by atoms with Gasteiger partial charge in [-0.1, -0.05) is 0 Å². The normalized spacial score (nSPS) is 9.27. The Morgan fingerprint density at radius 1 is 1.64 bits per heavy atom. The molecule has 0 radical (unpaired) electrons. The summed E-state index contributed by atoms with van der Waals surface area (Å²) in [5, 5.41) is 0.